The van der Waals surface area contributed by atoms with E-state index in [1.54, 1.807) is 0 Å². The van der Waals surface area contributed by atoms with Gasteiger partial charge in [0.2, 0.25) is 0 Å². The summed E-state index contributed by atoms with van der Waals surface area (Å²) in [5, 5.41) is 0. The van der Waals surface area contributed by atoms with Crippen LogP contribution in [-0.4, -0.2) is 5.91 Å². The van der Waals surface area contributed by atoms with Gasteiger partial charge in [-0.25, -0.2) is 0 Å². The van der Waals surface area contributed by atoms with Gasteiger partial charge in [0, 0.05) is 5.56 Å². The molecule has 0 saturated carbocycles. The highest BCUT2D eigenvalue weighted by Crippen LogP contribution is 2.26. The van der Waals surface area contributed by atoms with E-state index in [1.165, 1.54) is 0 Å². The minimum absolute atomic E-state index is 0.239. The summed E-state index contributed by atoms with van der Waals surface area (Å²) in [5.41, 5.74) is 4.79. The number of fused-ring (bicyclic) bond motifs is 1. The van der Waals surface area contributed by atoms with Crippen LogP contribution in [0, 0.1) is 0 Å². The molecule has 0 bridgehead atoms. The zero-order chi connectivity index (χ0) is 12.4. The van der Waals surface area contributed by atoms with Gasteiger partial charge in [-0.05, 0) is 17.7 Å². The lowest BCUT2D eigenvalue weighted by molar-refractivity contribution is -0.121. The summed E-state index contributed by atoms with van der Waals surface area (Å²) in [7, 11) is 0. The number of amides is 1. The molecule has 0 radical (unpaired) electrons. The highest BCUT2D eigenvalue weighted by molar-refractivity contribution is 6.24. The first-order chi connectivity index (χ1) is 8.84. The number of rotatable bonds is 1. The van der Waals surface area contributed by atoms with E-state index in [0.717, 1.165) is 11.1 Å². The molecular weight excluding hydrogens is 226 g/mol. The van der Waals surface area contributed by atoms with E-state index in [9.17, 15) is 4.79 Å². The lowest BCUT2D eigenvalue weighted by Gasteiger charge is -2.05. The van der Waals surface area contributed by atoms with Crippen molar-refractivity contribution in [2.24, 2.45) is 0 Å². The van der Waals surface area contributed by atoms with E-state index in [1.807, 2.05) is 60.7 Å². The van der Waals surface area contributed by atoms with Crippen LogP contribution in [0.15, 0.2) is 54.6 Å². The van der Waals surface area contributed by atoms with Crippen LogP contribution in [0.3, 0.4) is 0 Å². The number of para-hydroxylation sites is 1. The smallest absolute Gasteiger partial charge is 0.284 e. The maximum atomic E-state index is 12.0. The van der Waals surface area contributed by atoms with Gasteiger partial charge in [0.05, 0.1) is 5.57 Å². The second kappa shape index (κ2) is 4.37. The van der Waals surface area contributed by atoms with Crippen molar-refractivity contribution in [1.82, 2.24) is 5.48 Å². The molecule has 0 aromatic heterocycles. The highest BCUT2D eigenvalue weighted by Gasteiger charge is 2.17. The van der Waals surface area contributed by atoms with Gasteiger partial charge in [0.25, 0.3) is 5.91 Å². The molecule has 3 rings (SSSR count). The fourth-order valence-corrected chi connectivity index (χ4v) is 1.90. The predicted octanol–water partition coefficient (Wildman–Crippen LogP) is 2.65. The number of hydrogen-bond donors (Lipinski definition) is 1. The molecule has 88 valence electrons. The normalized spacial score (nSPS) is 13.8. The minimum Gasteiger partial charge on any atom is -0.379 e. The van der Waals surface area contributed by atoms with Gasteiger partial charge in [0.15, 0.2) is 5.75 Å². The molecule has 3 nitrogen and oxygen atoms in total. The molecule has 0 atom stereocenters. The van der Waals surface area contributed by atoms with Crippen LogP contribution < -0.4 is 10.3 Å². The lowest BCUT2D eigenvalue weighted by Crippen LogP contribution is -2.26. The summed E-state index contributed by atoms with van der Waals surface area (Å²) in [4.78, 5) is 17.2. The third-order valence-electron chi connectivity index (χ3n) is 2.80. The van der Waals surface area contributed by atoms with Gasteiger partial charge in [-0.3, -0.25) is 4.79 Å². The van der Waals surface area contributed by atoms with E-state index >= 15 is 0 Å². The fraction of sp³-hybridized carbons (Fsp3) is 0. The zero-order valence-corrected chi connectivity index (χ0v) is 9.59. The molecule has 0 saturated heterocycles. The van der Waals surface area contributed by atoms with Crippen LogP contribution >= 0.6 is 0 Å². The molecule has 0 spiro atoms. The quantitative estimate of drug-likeness (QED) is 0.828. The summed E-state index contributed by atoms with van der Waals surface area (Å²) in [6.45, 7) is 0. The van der Waals surface area contributed by atoms with Gasteiger partial charge in [-0.15, -0.1) is 0 Å². The standard InChI is InChI=1S/C15H11NO2/c17-15-13(11-6-2-1-3-7-11)10-12-8-4-5-9-14(12)18-16-15/h1-10H,(H,16,17). The zero-order valence-electron chi connectivity index (χ0n) is 9.59. The van der Waals surface area contributed by atoms with Gasteiger partial charge in [-0.1, -0.05) is 48.5 Å². The van der Waals surface area contributed by atoms with Crippen LogP contribution in [0.5, 0.6) is 5.75 Å². The molecular formula is C15H11NO2. The Kier molecular flexibility index (Phi) is 2.57. The first kappa shape index (κ1) is 10.6. The first-order valence-corrected chi connectivity index (χ1v) is 5.68. The number of benzene rings is 2. The molecule has 1 aliphatic rings. The molecule has 1 heterocycles. The van der Waals surface area contributed by atoms with Crippen LogP contribution in [0.2, 0.25) is 0 Å². The molecule has 1 amide bonds. The van der Waals surface area contributed by atoms with E-state index < -0.39 is 0 Å². The lowest BCUT2D eigenvalue weighted by atomic mass is 10.0. The fourth-order valence-electron chi connectivity index (χ4n) is 1.90. The average molecular weight is 237 g/mol. The molecule has 18 heavy (non-hydrogen) atoms. The van der Waals surface area contributed by atoms with Crippen LogP contribution in [0.1, 0.15) is 11.1 Å². The summed E-state index contributed by atoms with van der Waals surface area (Å²) in [6.07, 6.45) is 1.84. The van der Waals surface area contributed by atoms with Crippen molar-refractivity contribution >= 4 is 17.6 Å². The molecule has 2 aromatic carbocycles. The Morgan fingerprint density at radius 1 is 0.889 bits per heavy atom. The molecule has 1 N–H and O–H groups in total. The molecule has 2 aromatic rings. The monoisotopic (exact) mass is 237 g/mol. The molecule has 0 fully saturated rings. The number of carbonyl (C=O) groups excluding carboxylic acids is 1. The number of carbonyl (C=O) groups is 1. The van der Waals surface area contributed by atoms with Gasteiger partial charge in [0.1, 0.15) is 0 Å². The van der Waals surface area contributed by atoms with Gasteiger partial charge < -0.3 is 4.84 Å². The Morgan fingerprint density at radius 2 is 1.61 bits per heavy atom. The van der Waals surface area contributed by atoms with Crippen LogP contribution in [-0.2, 0) is 4.79 Å². The van der Waals surface area contributed by atoms with Crippen molar-refractivity contribution in [1.29, 1.82) is 0 Å². The van der Waals surface area contributed by atoms with Crippen molar-refractivity contribution in [3.05, 3.63) is 65.7 Å². The molecule has 1 aliphatic heterocycles. The Morgan fingerprint density at radius 3 is 2.44 bits per heavy atom. The summed E-state index contributed by atoms with van der Waals surface area (Å²) in [5.74, 6) is 0.411. The third kappa shape index (κ3) is 1.86. The molecule has 3 heteroatoms. The number of nitrogens with one attached hydrogen (secondary N) is 1. The van der Waals surface area contributed by atoms with Gasteiger partial charge in [-0.2, -0.15) is 5.48 Å². The number of hydrogen-bond acceptors (Lipinski definition) is 2. The van der Waals surface area contributed by atoms with E-state index in [-0.39, 0.29) is 5.91 Å². The Hall–Kier alpha value is -2.55. The topological polar surface area (TPSA) is 38.3 Å². The Balaban J connectivity index is 2.13. The highest BCUT2D eigenvalue weighted by atomic mass is 16.7. The summed E-state index contributed by atoms with van der Waals surface area (Å²) < 4.78 is 0. The molecule has 0 unspecified atom stereocenters. The predicted molar refractivity (Wildman–Crippen MR) is 69.5 cm³/mol. The van der Waals surface area contributed by atoms with Crippen molar-refractivity contribution in [3.8, 4) is 5.75 Å². The average Bonchev–Trinajstić information content (AvgIpc) is 2.60. The summed E-state index contributed by atoms with van der Waals surface area (Å²) in [6, 6.07) is 17.0. The first-order valence-electron chi connectivity index (χ1n) is 5.68. The van der Waals surface area contributed by atoms with Crippen LogP contribution in [0.25, 0.3) is 11.6 Å². The second-order valence-corrected chi connectivity index (χ2v) is 4.00. The molecule has 0 aliphatic carbocycles. The minimum atomic E-state index is -0.239. The Labute approximate surface area is 105 Å². The van der Waals surface area contributed by atoms with Crippen molar-refractivity contribution < 1.29 is 9.63 Å². The number of hydroxylamine groups is 1. The van der Waals surface area contributed by atoms with Crippen molar-refractivity contribution in [2.75, 3.05) is 0 Å². The maximum absolute atomic E-state index is 12.0. The van der Waals surface area contributed by atoms with Crippen molar-refractivity contribution in [2.45, 2.75) is 0 Å². The van der Waals surface area contributed by atoms with E-state index in [2.05, 4.69) is 5.48 Å². The van der Waals surface area contributed by atoms with E-state index in [4.69, 9.17) is 4.84 Å². The van der Waals surface area contributed by atoms with Crippen molar-refractivity contribution in [3.63, 3.8) is 0 Å². The summed E-state index contributed by atoms with van der Waals surface area (Å²) >= 11 is 0. The van der Waals surface area contributed by atoms with Gasteiger partial charge >= 0.3 is 0 Å². The van der Waals surface area contributed by atoms with E-state index in [0.29, 0.717) is 11.3 Å². The Bertz CT molecular complexity index is 617. The SMILES string of the molecule is O=C1NOc2ccccc2C=C1c1ccccc1. The largest absolute Gasteiger partial charge is 0.379 e. The maximum Gasteiger partial charge on any atom is 0.284 e. The van der Waals surface area contributed by atoms with Crippen LogP contribution in [0.4, 0.5) is 0 Å². The third-order valence-corrected chi connectivity index (χ3v) is 2.80. The second-order valence-electron chi connectivity index (χ2n) is 4.00.